The molecule has 0 aliphatic carbocycles. The largest absolute Gasteiger partial charge is 0.497 e. The number of nitrogens with one attached hydrogen (secondary N) is 2. The third kappa shape index (κ3) is 7.31. The Bertz CT molecular complexity index is 1650. The molecule has 12 heteroatoms. The second-order valence-electron chi connectivity index (χ2n) is 10.9. The van der Waals surface area contributed by atoms with Gasteiger partial charge in [-0.05, 0) is 80.7 Å². The van der Waals surface area contributed by atoms with E-state index in [0.29, 0.717) is 46.9 Å². The number of methoxy groups -OCH3 is 1. The van der Waals surface area contributed by atoms with Crippen LogP contribution in [0.3, 0.4) is 0 Å². The first-order valence-corrected chi connectivity index (χ1v) is 17.1. The lowest BCUT2D eigenvalue weighted by atomic mass is 9.93. The Labute approximate surface area is 248 Å². The zero-order valence-corrected chi connectivity index (χ0v) is 25.6. The minimum atomic E-state index is -3.97. The summed E-state index contributed by atoms with van der Waals surface area (Å²) < 4.78 is 55.2. The molecule has 0 amide bonds. The van der Waals surface area contributed by atoms with Crippen molar-refractivity contribution in [2.75, 3.05) is 42.7 Å². The van der Waals surface area contributed by atoms with Crippen molar-refractivity contribution in [3.63, 3.8) is 0 Å². The number of para-hydroxylation sites is 2. The molecule has 0 saturated carbocycles. The number of hydrogen-bond donors (Lipinski definition) is 4. The molecule has 3 aromatic carbocycles. The smallest absolute Gasteiger partial charge is 0.263 e. The standard InChI is InChI=1S/C30H37N5O5S2/c1-35(2)20-22-8-12-25(13-9-22)42(38,39)34-30-29(31-26-6-4-5-7-27(26)32-30)33-28-19-24(40-3)11-10-23(28)18-21-14-16-41(36,37)17-15-21/h4-13,19,21,36-37H,14-18,20H2,1-3H3,(H,31,33)(H,32,34). The Kier molecular flexibility index (Phi) is 8.90. The van der Waals surface area contributed by atoms with Crippen LogP contribution in [0.4, 0.5) is 17.3 Å². The van der Waals surface area contributed by atoms with E-state index in [1.54, 1.807) is 37.4 Å². The molecule has 1 fully saturated rings. The number of ether oxygens (including phenoxy) is 1. The molecule has 4 N–H and O–H groups in total. The number of anilines is 3. The van der Waals surface area contributed by atoms with Crippen LogP contribution in [0.25, 0.3) is 11.0 Å². The second kappa shape index (κ2) is 12.4. The van der Waals surface area contributed by atoms with E-state index in [-0.39, 0.29) is 22.4 Å². The van der Waals surface area contributed by atoms with E-state index in [1.807, 2.05) is 55.4 Å². The highest BCUT2D eigenvalue weighted by Gasteiger charge is 2.25. The van der Waals surface area contributed by atoms with Crippen molar-refractivity contribution in [2.45, 2.75) is 30.7 Å². The van der Waals surface area contributed by atoms with Crippen molar-refractivity contribution in [3.05, 3.63) is 77.9 Å². The third-order valence-corrected chi connectivity index (χ3v) is 10.5. The average Bonchev–Trinajstić information content (AvgIpc) is 2.95. The zero-order chi connectivity index (χ0) is 29.9. The van der Waals surface area contributed by atoms with Crippen molar-refractivity contribution in [3.8, 4) is 5.75 Å². The lowest BCUT2D eigenvalue weighted by Crippen LogP contribution is -2.22. The molecule has 1 aliphatic heterocycles. The molecule has 10 nitrogen and oxygen atoms in total. The number of nitrogens with zero attached hydrogens (tertiary/aromatic N) is 3. The molecule has 1 saturated heterocycles. The minimum Gasteiger partial charge on any atom is -0.497 e. The van der Waals surface area contributed by atoms with Crippen LogP contribution in [0.1, 0.15) is 24.0 Å². The van der Waals surface area contributed by atoms with E-state index in [2.05, 4.69) is 15.0 Å². The average molecular weight is 612 g/mol. The fourth-order valence-electron chi connectivity index (χ4n) is 5.06. The predicted molar refractivity (Wildman–Crippen MR) is 169 cm³/mol. The number of rotatable bonds is 10. The van der Waals surface area contributed by atoms with E-state index in [1.165, 1.54) is 0 Å². The molecule has 2 heterocycles. The highest BCUT2D eigenvalue weighted by atomic mass is 32.3. The van der Waals surface area contributed by atoms with E-state index in [4.69, 9.17) is 9.72 Å². The molecule has 224 valence electrons. The molecular weight excluding hydrogens is 574 g/mol. The van der Waals surface area contributed by atoms with Gasteiger partial charge in [0.2, 0.25) is 0 Å². The maximum Gasteiger partial charge on any atom is 0.263 e. The molecule has 0 atom stereocenters. The van der Waals surface area contributed by atoms with Crippen LogP contribution in [0, 0.1) is 5.92 Å². The van der Waals surface area contributed by atoms with Gasteiger partial charge >= 0.3 is 0 Å². The van der Waals surface area contributed by atoms with Gasteiger partial charge in [0.05, 0.1) is 23.0 Å². The lowest BCUT2D eigenvalue weighted by molar-refractivity contribution is 0.402. The van der Waals surface area contributed by atoms with Gasteiger partial charge in [-0.3, -0.25) is 13.8 Å². The minimum absolute atomic E-state index is 0.0754. The number of sulfonamides is 1. The summed E-state index contributed by atoms with van der Waals surface area (Å²) in [5.74, 6) is 2.08. The van der Waals surface area contributed by atoms with Crippen molar-refractivity contribution >= 4 is 49.0 Å². The van der Waals surface area contributed by atoms with Gasteiger partial charge in [-0.25, -0.2) is 18.4 Å². The van der Waals surface area contributed by atoms with Crippen molar-refractivity contribution < 1.29 is 22.3 Å². The van der Waals surface area contributed by atoms with Crippen molar-refractivity contribution in [1.82, 2.24) is 14.9 Å². The molecule has 0 radical (unpaired) electrons. The highest BCUT2D eigenvalue weighted by molar-refractivity contribution is 8.24. The molecule has 5 rings (SSSR count). The molecule has 0 unspecified atom stereocenters. The van der Waals surface area contributed by atoms with Crippen molar-refractivity contribution in [2.24, 2.45) is 5.92 Å². The maximum atomic E-state index is 13.5. The fourth-order valence-corrected chi connectivity index (χ4v) is 7.70. The van der Waals surface area contributed by atoms with Gasteiger partial charge in [0.1, 0.15) is 5.75 Å². The molecule has 4 aromatic rings. The Morgan fingerprint density at radius 1 is 0.952 bits per heavy atom. The Balaban J connectivity index is 1.48. The van der Waals surface area contributed by atoms with Crippen LogP contribution in [0.5, 0.6) is 5.75 Å². The Hall–Kier alpha value is -3.42. The number of fused-ring (bicyclic) bond motifs is 1. The number of hydrogen-bond acceptors (Lipinski definition) is 9. The van der Waals surface area contributed by atoms with Crippen LogP contribution in [0.15, 0.2) is 71.6 Å². The predicted octanol–water partition coefficient (Wildman–Crippen LogP) is 5.95. The monoisotopic (exact) mass is 611 g/mol. The van der Waals surface area contributed by atoms with E-state index >= 15 is 0 Å². The summed E-state index contributed by atoms with van der Waals surface area (Å²) in [5.41, 5.74) is 3.86. The molecule has 0 bridgehead atoms. The molecule has 0 spiro atoms. The van der Waals surface area contributed by atoms with Crippen LogP contribution < -0.4 is 14.8 Å². The topological polar surface area (TPSA) is 137 Å². The quantitative estimate of drug-likeness (QED) is 0.171. The van der Waals surface area contributed by atoms with E-state index < -0.39 is 20.6 Å². The van der Waals surface area contributed by atoms with Crippen LogP contribution in [-0.2, 0) is 23.0 Å². The normalized spacial score (nSPS) is 16.3. The molecule has 1 aliphatic rings. The third-order valence-electron chi connectivity index (χ3n) is 7.32. The number of benzene rings is 3. The van der Waals surface area contributed by atoms with Gasteiger partial charge < -0.3 is 15.0 Å². The fraction of sp³-hybridized carbons (Fsp3) is 0.333. The van der Waals surface area contributed by atoms with E-state index in [0.717, 1.165) is 24.0 Å². The van der Waals surface area contributed by atoms with Gasteiger partial charge in [0.25, 0.3) is 10.0 Å². The summed E-state index contributed by atoms with van der Waals surface area (Å²) in [6.07, 6.45) is 2.16. The second-order valence-corrected chi connectivity index (χ2v) is 15.0. The Morgan fingerprint density at radius 2 is 1.60 bits per heavy atom. The van der Waals surface area contributed by atoms with Crippen LogP contribution in [0.2, 0.25) is 0 Å². The van der Waals surface area contributed by atoms with Gasteiger partial charge in [-0.15, -0.1) is 0 Å². The van der Waals surface area contributed by atoms with Crippen molar-refractivity contribution in [1.29, 1.82) is 0 Å². The first kappa shape index (κ1) is 30.1. The zero-order valence-electron chi connectivity index (χ0n) is 23.9. The summed E-state index contributed by atoms with van der Waals surface area (Å²) in [5, 5.41) is 3.34. The summed E-state index contributed by atoms with van der Waals surface area (Å²) in [6, 6.07) is 19.8. The summed E-state index contributed by atoms with van der Waals surface area (Å²) in [7, 11) is -0.949. The van der Waals surface area contributed by atoms with Gasteiger partial charge in [0, 0.05) is 29.8 Å². The summed E-state index contributed by atoms with van der Waals surface area (Å²) in [6.45, 7) is 0.698. The maximum absolute atomic E-state index is 13.5. The molecular formula is C30H37N5O5S2. The van der Waals surface area contributed by atoms with E-state index in [9.17, 15) is 17.5 Å². The van der Waals surface area contributed by atoms with Crippen LogP contribution >= 0.6 is 10.6 Å². The Morgan fingerprint density at radius 3 is 2.21 bits per heavy atom. The SMILES string of the molecule is COc1ccc(CC2CCS(O)(O)CC2)c(Nc2nc3ccccc3nc2NS(=O)(=O)c2ccc(CN(C)C)cc2)c1. The summed E-state index contributed by atoms with van der Waals surface area (Å²) >= 11 is 0. The first-order chi connectivity index (χ1) is 20.0. The lowest BCUT2D eigenvalue weighted by Gasteiger charge is -2.39. The van der Waals surface area contributed by atoms with Gasteiger partial charge in [-0.1, -0.05) is 30.3 Å². The number of aromatic nitrogens is 2. The molecule has 42 heavy (non-hydrogen) atoms. The first-order valence-electron chi connectivity index (χ1n) is 13.7. The van der Waals surface area contributed by atoms with Crippen LogP contribution in [-0.4, -0.2) is 65.1 Å². The van der Waals surface area contributed by atoms with Gasteiger partial charge in [-0.2, -0.15) is 10.6 Å². The highest BCUT2D eigenvalue weighted by Crippen LogP contribution is 2.46. The van der Waals surface area contributed by atoms with Gasteiger partial charge in [0.15, 0.2) is 11.6 Å². The summed E-state index contributed by atoms with van der Waals surface area (Å²) in [4.78, 5) is 11.5. The molecule has 1 aromatic heterocycles.